The lowest BCUT2D eigenvalue weighted by molar-refractivity contribution is -0.262. The van der Waals surface area contributed by atoms with Gasteiger partial charge < -0.3 is 44.0 Å². The molecule has 0 spiro atoms. The molecular formula is C46H66N4O10. The monoisotopic (exact) mass is 834 g/mol. The van der Waals surface area contributed by atoms with E-state index >= 15 is 0 Å². The Hall–Kier alpha value is -4.37. The number of pyridine rings is 1. The first-order valence-corrected chi connectivity index (χ1v) is 21.3. The third-order valence-corrected chi connectivity index (χ3v) is 12.9. The van der Waals surface area contributed by atoms with Crippen LogP contribution in [0.1, 0.15) is 86.6 Å². The number of ether oxygens (including phenoxy) is 6. The minimum Gasteiger partial charge on any atom is -0.458 e. The number of esters is 1. The Balaban J connectivity index is 1.44. The molecule has 4 heterocycles. The van der Waals surface area contributed by atoms with E-state index in [1.807, 2.05) is 91.2 Å². The zero-order chi connectivity index (χ0) is 43.9. The standard InChI is InChI=1S/C46H66N4O10/c1-12-37-46(8)40(49-44(54)60-46)29(4)36(19-22-56-43(53)48-26-32-13-15-33(16-14-32)34-17-20-47-21-18-34)27(2)25-45(7,55-11)41(30(5)39(51)31(6)42(52)58-37)59-38-24-35(50(9)10)23-28(3)57-38/h13-21,27-31,35,37-38,40-41H,12,22-26H2,1-11H3,(H,48,53)(H,49,54)/b36-19+/t27-,28-,29+,30+,31-,35+,37-,38+,40-,41-,45-,46-/m1/s1. The van der Waals surface area contributed by atoms with Crippen molar-refractivity contribution in [2.75, 3.05) is 27.8 Å². The zero-order valence-electron chi connectivity index (χ0n) is 37.2. The number of carbonyl (C=O) groups is 4. The van der Waals surface area contributed by atoms with Crippen molar-refractivity contribution in [2.45, 2.75) is 136 Å². The molecule has 2 N–H and O–H groups in total. The van der Waals surface area contributed by atoms with Crippen molar-refractivity contribution in [3.05, 3.63) is 66.0 Å². The van der Waals surface area contributed by atoms with Gasteiger partial charge in [-0.25, -0.2) is 9.59 Å². The highest BCUT2D eigenvalue weighted by Gasteiger charge is 2.56. The summed E-state index contributed by atoms with van der Waals surface area (Å²) in [6.45, 7) is 15.0. The summed E-state index contributed by atoms with van der Waals surface area (Å²) in [5.41, 5.74) is 1.46. The normalized spacial score (nSPS) is 34.9. The quantitative estimate of drug-likeness (QED) is 0.111. The van der Waals surface area contributed by atoms with Crippen LogP contribution in [-0.4, -0.2) is 110 Å². The molecular weight excluding hydrogens is 769 g/mol. The molecule has 3 saturated heterocycles. The largest absolute Gasteiger partial charge is 0.458 e. The lowest BCUT2D eigenvalue weighted by Gasteiger charge is -2.46. The van der Waals surface area contributed by atoms with Crippen molar-refractivity contribution >= 4 is 23.9 Å². The fourth-order valence-electron chi connectivity index (χ4n) is 9.36. The summed E-state index contributed by atoms with van der Waals surface area (Å²) in [6.07, 6.45) is 3.76. The van der Waals surface area contributed by atoms with Crippen LogP contribution < -0.4 is 10.6 Å². The predicted molar refractivity (Wildman–Crippen MR) is 226 cm³/mol. The van der Waals surface area contributed by atoms with E-state index < -0.39 is 71.7 Å². The molecule has 0 radical (unpaired) electrons. The Morgan fingerprint density at radius 1 is 0.983 bits per heavy atom. The average Bonchev–Trinajstić information content (AvgIpc) is 3.55. The number of aromatic nitrogens is 1. The highest BCUT2D eigenvalue weighted by atomic mass is 16.7. The van der Waals surface area contributed by atoms with E-state index in [1.54, 1.807) is 40.3 Å². The fraction of sp³-hybridized carbons (Fsp3) is 0.630. The molecule has 3 aliphatic rings. The summed E-state index contributed by atoms with van der Waals surface area (Å²) in [5.74, 6) is -3.71. The van der Waals surface area contributed by atoms with Crippen molar-refractivity contribution in [2.24, 2.45) is 23.7 Å². The summed E-state index contributed by atoms with van der Waals surface area (Å²) >= 11 is 0. The minimum atomic E-state index is -1.29. The minimum absolute atomic E-state index is 0.0724. The molecule has 3 aliphatic heterocycles. The molecule has 14 heteroatoms. The van der Waals surface area contributed by atoms with Gasteiger partial charge in [0.15, 0.2) is 17.7 Å². The summed E-state index contributed by atoms with van der Waals surface area (Å²) in [5, 5.41) is 5.83. The summed E-state index contributed by atoms with van der Waals surface area (Å²) in [7, 11) is 5.65. The van der Waals surface area contributed by atoms with Crippen LogP contribution in [-0.2, 0) is 44.6 Å². The molecule has 2 amide bonds. The number of nitrogens with one attached hydrogen (secondary N) is 2. The molecule has 330 valence electrons. The van der Waals surface area contributed by atoms with E-state index in [1.165, 1.54) is 0 Å². The van der Waals surface area contributed by atoms with Crippen LogP contribution in [0.3, 0.4) is 0 Å². The number of amides is 2. The van der Waals surface area contributed by atoms with Crippen LogP contribution >= 0.6 is 0 Å². The van der Waals surface area contributed by atoms with Gasteiger partial charge in [-0.05, 0) is 102 Å². The summed E-state index contributed by atoms with van der Waals surface area (Å²) in [4.78, 5) is 60.6. The van der Waals surface area contributed by atoms with Crippen molar-refractivity contribution in [3.8, 4) is 11.1 Å². The van der Waals surface area contributed by atoms with E-state index in [0.717, 1.165) is 28.7 Å². The number of fused-ring (bicyclic) bond motifs is 1. The average molecular weight is 835 g/mol. The second kappa shape index (κ2) is 20.0. The van der Waals surface area contributed by atoms with Gasteiger partial charge in [-0.2, -0.15) is 0 Å². The maximum absolute atomic E-state index is 14.3. The van der Waals surface area contributed by atoms with E-state index in [-0.39, 0.29) is 37.0 Å². The Kier molecular flexibility index (Phi) is 15.6. The number of carbonyl (C=O) groups excluding carboxylic acids is 4. The smallest absolute Gasteiger partial charge is 0.408 e. The number of methoxy groups -OCH3 is 1. The maximum Gasteiger partial charge on any atom is 0.408 e. The SMILES string of the molecule is CC[C@H]1OC(=O)[C@H](C)C(=O)[C@H](C)[C@@H](O[C@H]2C[C@@H](N(C)C)C[C@@H](C)O2)[C@](C)(OC)C[C@@H](C)/C(=C\COC(=O)NCc2ccc(-c3ccncc3)cc2)[C@H](C)[C@H]2NC(=O)O[C@@]21C. The van der Waals surface area contributed by atoms with Crippen LogP contribution in [0.15, 0.2) is 60.4 Å². The lowest BCUT2D eigenvalue weighted by Crippen LogP contribution is -2.57. The summed E-state index contributed by atoms with van der Waals surface area (Å²) < 4.78 is 37.3. The van der Waals surface area contributed by atoms with E-state index in [9.17, 15) is 19.2 Å². The Morgan fingerprint density at radius 3 is 2.28 bits per heavy atom. The first-order valence-electron chi connectivity index (χ1n) is 21.3. The first kappa shape index (κ1) is 46.7. The Labute approximate surface area is 355 Å². The number of cyclic esters (lactones) is 1. The van der Waals surface area contributed by atoms with Crippen LogP contribution in [0.4, 0.5) is 9.59 Å². The molecule has 12 atom stereocenters. The van der Waals surface area contributed by atoms with Crippen molar-refractivity contribution in [1.29, 1.82) is 0 Å². The van der Waals surface area contributed by atoms with E-state index in [4.69, 9.17) is 28.4 Å². The number of Topliss-reactive ketones (excluding diaryl/α,β-unsaturated/α-hetero) is 1. The predicted octanol–water partition coefficient (Wildman–Crippen LogP) is 6.85. The van der Waals surface area contributed by atoms with Crippen LogP contribution in [0, 0.1) is 23.7 Å². The molecule has 1 aromatic heterocycles. The molecule has 0 unspecified atom stereocenters. The third kappa shape index (κ3) is 10.7. The van der Waals surface area contributed by atoms with Crippen molar-refractivity contribution in [1.82, 2.24) is 20.5 Å². The van der Waals surface area contributed by atoms with Gasteiger partial charge in [0, 0.05) is 50.3 Å². The van der Waals surface area contributed by atoms with Gasteiger partial charge in [0.25, 0.3) is 0 Å². The number of benzene rings is 1. The first-order chi connectivity index (χ1) is 28.4. The molecule has 2 aromatic rings. The Morgan fingerprint density at radius 2 is 1.65 bits per heavy atom. The molecule has 14 nitrogen and oxygen atoms in total. The third-order valence-electron chi connectivity index (χ3n) is 12.9. The number of hydrogen-bond acceptors (Lipinski definition) is 12. The topological polar surface area (TPSA) is 164 Å². The zero-order valence-corrected chi connectivity index (χ0v) is 37.2. The summed E-state index contributed by atoms with van der Waals surface area (Å²) in [6, 6.07) is 11.3. The number of nitrogens with zero attached hydrogens (tertiary/aromatic N) is 2. The lowest BCUT2D eigenvalue weighted by atomic mass is 9.72. The molecule has 5 rings (SSSR count). The van der Waals surface area contributed by atoms with Crippen LogP contribution in [0.2, 0.25) is 0 Å². The van der Waals surface area contributed by atoms with Crippen molar-refractivity contribution < 1.29 is 47.6 Å². The van der Waals surface area contributed by atoms with E-state index in [0.29, 0.717) is 19.3 Å². The van der Waals surface area contributed by atoms with Crippen LogP contribution in [0.25, 0.3) is 11.1 Å². The number of hydrogen-bond donors (Lipinski definition) is 2. The highest BCUT2D eigenvalue weighted by molar-refractivity contribution is 6.00. The van der Waals surface area contributed by atoms with Gasteiger partial charge in [-0.1, -0.05) is 57.5 Å². The van der Waals surface area contributed by atoms with Gasteiger partial charge in [0.2, 0.25) is 0 Å². The van der Waals surface area contributed by atoms with Gasteiger partial charge in [-0.3, -0.25) is 14.6 Å². The Bertz CT molecular complexity index is 1820. The number of rotatable bonds is 10. The van der Waals surface area contributed by atoms with Gasteiger partial charge in [0.05, 0.1) is 23.9 Å². The van der Waals surface area contributed by atoms with Gasteiger partial charge >= 0.3 is 18.2 Å². The second-order valence-electron chi connectivity index (χ2n) is 17.5. The molecule has 0 saturated carbocycles. The fourth-order valence-corrected chi connectivity index (χ4v) is 9.36. The van der Waals surface area contributed by atoms with Gasteiger partial charge in [-0.15, -0.1) is 0 Å². The molecule has 0 aliphatic carbocycles. The maximum atomic E-state index is 14.3. The molecule has 1 aromatic carbocycles. The molecule has 60 heavy (non-hydrogen) atoms. The number of alkyl carbamates (subject to hydrolysis) is 2. The molecule has 0 bridgehead atoms. The second-order valence-corrected chi connectivity index (χ2v) is 17.5. The number of ketones is 1. The van der Waals surface area contributed by atoms with E-state index in [2.05, 4.69) is 20.5 Å². The van der Waals surface area contributed by atoms with Gasteiger partial charge in [0.1, 0.15) is 18.6 Å². The van der Waals surface area contributed by atoms with Crippen LogP contribution in [0.5, 0.6) is 0 Å². The van der Waals surface area contributed by atoms with Crippen molar-refractivity contribution in [3.63, 3.8) is 0 Å². The molecule has 3 fully saturated rings. The highest BCUT2D eigenvalue weighted by Crippen LogP contribution is 2.43.